The first-order chi connectivity index (χ1) is 8.74. The summed E-state index contributed by atoms with van der Waals surface area (Å²) in [6.45, 7) is 0.735. The fourth-order valence-corrected chi connectivity index (χ4v) is 3.21. The van der Waals surface area contributed by atoms with Gasteiger partial charge in [-0.2, -0.15) is 11.8 Å². The first-order valence-corrected chi connectivity index (χ1v) is 7.31. The second-order valence-corrected chi connectivity index (χ2v) is 5.86. The molecule has 1 saturated heterocycles. The van der Waals surface area contributed by atoms with Crippen LogP contribution < -0.4 is 16.4 Å². The van der Waals surface area contributed by atoms with E-state index in [-0.39, 0.29) is 6.03 Å². The zero-order valence-corrected chi connectivity index (χ0v) is 11.1. The minimum Gasteiger partial charge on any atom is -0.399 e. The Morgan fingerprint density at radius 3 is 3.06 bits per heavy atom. The first kappa shape index (κ1) is 13.1. The molecule has 1 unspecified atom stereocenters. The van der Waals surface area contributed by atoms with Crippen molar-refractivity contribution >= 4 is 29.2 Å². The molecule has 4 N–H and O–H groups in total. The summed E-state index contributed by atoms with van der Waals surface area (Å²) < 4.78 is 0. The Bertz CT molecular complexity index is 405. The molecule has 1 aliphatic heterocycles. The van der Waals surface area contributed by atoms with Gasteiger partial charge in [0.15, 0.2) is 0 Å². The van der Waals surface area contributed by atoms with E-state index in [0.29, 0.717) is 10.9 Å². The van der Waals surface area contributed by atoms with Gasteiger partial charge in [-0.15, -0.1) is 0 Å². The van der Waals surface area contributed by atoms with E-state index in [1.165, 1.54) is 25.0 Å². The van der Waals surface area contributed by atoms with Crippen LogP contribution in [-0.4, -0.2) is 23.6 Å². The first-order valence-electron chi connectivity index (χ1n) is 6.26. The number of carbonyl (C=O) groups is 1. The molecule has 18 heavy (non-hydrogen) atoms. The quantitative estimate of drug-likeness (QED) is 0.736. The number of amides is 2. The summed E-state index contributed by atoms with van der Waals surface area (Å²) in [6.07, 6.45) is 3.77. The molecule has 98 valence electrons. The van der Waals surface area contributed by atoms with Gasteiger partial charge >= 0.3 is 6.03 Å². The van der Waals surface area contributed by atoms with Crippen LogP contribution in [0.5, 0.6) is 0 Å². The highest BCUT2D eigenvalue weighted by molar-refractivity contribution is 7.99. The fourth-order valence-electron chi connectivity index (χ4n) is 1.97. The van der Waals surface area contributed by atoms with Crippen molar-refractivity contribution in [3.05, 3.63) is 24.3 Å². The van der Waals surface area contributed by atoms with Crippen LogP contribution in [0.4, 0.5) is 16.2 Å². The summed E-state index contributed by atoms with van der Waals surface area (Å²) in [6, 6.07) is 7.02. The standard InChI is InChI=1S/C13H19N3OS/c14-10-4-3-5-11(8-10)16-13(17)15-9-12-6-1-2-7-18-12/h3-5,8,12H,1-2,6-7,9,14H2,(H2,15,16,17). The van der Waals surface area contributed by atoms with Crippen LogP contribution in [0.2, 0.25) is 0 Å². The zero-order valence-electron chi connectivity index (χ0n) is 10.3. The van der Waals surface area contributed by atoms with Gasteiger partial charge in [0.1, 0.15) is 0 Å². The predicted molar refractivity (Wildman–Crippen MR) is 78.0 cm³/mol. The van der Waals surface area contributed by atoms with E-state index in [1.54, 1.807) is 12.1 Å². The monoisotopic (exact) mass is 265 g/mol. The molecule has 1 aliphatic rings. The molecule has 5 heteroatoms. The largest absolute Gasteiger partial charge is 0.399 e. The van der Waals surface area contributed by atoms with Gasteiger partial charge < -0.3 is 16.4 Å². The summed E-state index contributed by atoms with van der Waals surface area (Å²) in [4.78, 5) is 11.7. The Labute approximate surface area is 112 Å². The van der Waals surface area contributed by atoms with Crippen LogP contribution in [0.25, 0.3) is 0 Å². The molecule has 4 nitrogen and oxygen atoms in total. The van der Waals surface area contributed by atoms with Crippen molar-refractivity contribution < 1.29 is 4.79 Å². The topological polar surface area (TPSA) is 67.1 Å². The average Bonchev–Trinajstić information content (AvgIpc) is 2.38. The van der Waals surface area contributed by atoms with E-state index in [0.717, 1.165) is 12.2 Å². The molecule has 1 aromatic carbocycles. The van der Waals surface area contributed by atoms with E-state index in [4.69, 9.17) is 5.73 Å². The summed E-state index contributed by atoms with van der Waals surface area (Å²) in [5, 5.41) is 6.25. The lowest BCUT2D eigenvalue weighted by Gasteiger charge is -2.21. The molecule has 2 amide bonds. The average molecular weight is 265 g/mol. The van der Waals surface area contributed by atoms with Gasteiger partial charge in [0.05, 0.1) is 0 Å². The van der Waals surface area contributed by atoms with Gasteiger partial charge in [0.25, 0.3) is 0 Å². The van der Waals surface area contributed by atoms with E-state index < -0.39 is 0 Å². The lowest BCUT2D eigenvalue weighted by atomic mass is 10.2. The molecule has 1 fully saturated rings. The fraction of sp³-hybridized carbons (Fsp3) is 0.462. The van der Waals surface area contributed by atoms with Gasteiger partial charge in [-0.3, -0.25) is 0 Å². The number of nitrogens with two attached hydrogens (primary N) is 1. The third-order valence-electron chi connectivity index (χ3n) is 2.91. The normalized spacial score (nSPS) is 19.2. The van der Waals surface area contributed by atoms with E-state index in [1.807, 2.05) is 23.9 Å². The highest BCUT2D eigenvalue weighted by atomic mass is 32.2. The molecule has 0 radical (unpaired) electrons. The number of rotatable bonds is 3. The Balaban J connectivity index is 1.74. The Morgan fingerprint density at radius 2 is 2.33 bits per heavy atom. The third-order valence-corrected chi connectivity index (χ3v) is 4.31. The van der Waals surface area contributed by atoms with Crippen molar-refractivity contribution in [2.24, 2.45) is 0 Å². The number of nitrogens with one attached hydrogen (secondary N) is 2. The Morgan fingerprint density at radius 1 is 1.44 bits per heavy atom. The van der Waals surface area contributed by atoms with Crippen molar-refractivity contribution in [2.45, 2.75) is 24.5 Å². The maximum atomic E-state index is 11.7. The smallest absolute Gasteiger partial charge is 0.319 e. The van der Waals surface area contributed by atoms with Crippen LogP contribution in [0.15, 0.2) is 24.3 Å². The van der Waals surface area contributed by atoms with Gasteiger partial charge in [0.2, 0.25) is 0 Å². The van der Waals surface area contributed by atoms with Crippen LogP contribution in [0.1, 0.15) is 19.3 Å². The van der Waals surface area contributed by atoms with Crippen molar-refractivity contribution in [1.29, 1.82) is 0 Å². The number of benzene rings is 1. The second kappa shape index (κ2) is 6.54. The molecule has 2 rings (SSSR count). The minimum absolute atomic E-state index is 0.160. The number of carbonyl (C=O) groups excluding carboxylic acids is 1. The molecule has 0 aliphatic carbocycles. The molecular weight excluding hydrogens is 246 g/mol. The maximum absolute atomic E-state index is 11.7. The number of hydrogen-bond acceptors (Lipinski definition) is 3. The van der Waals surface area contributed by atoms with Gasteiger partial charge in [-0.25, -0.2) is 4.79 Å². The van der Waals surface area contributed by atoms with E-state index in [9.17, 15) is 4.79 Å². The molecule has 0 aromatic heterocycles. The number of nitrogen functional groups attached to an aromatic ring is 1. The lowest BCUT2D eigenvalue weighted by molar-refractivity contribution is 0.252. The third kappa shape index (κ3) is 4.14. The van der Waals surface area contributed by atoms with Crippen molar-refractivity contribution in [2.75, 3.05) is 23.3 Å². The molecule has 0 spiro atoms. The Kier molecular flexibility index (Phi) is 4.75. The summed E-state index contributed by atoms with van der Waals surface area (Å²) in [5.41, 5.74) is 7.02. The summed E-state index contributed by atoms with van der Waals surface area (Å²) in [5.74, 6) is 1.21. The number of anilines is 2. The van der Waals surface area contributed by atoms with Crippen LogP contribution in [0, 0.1) is 0 Å². The maximum Gasteiger partial charge on any atom is 0.319 e. The molecule has 1 aromatic rings. The lowest BCUT2D eigenvalue weighted by Crippen LogP contribution is -2.35. The number of thioether (sulfide) groups is 1. The highest BCUT2D eigenvalue weighted by Gasteiger charge is 2.14. The second-order valence-electron chi connectivity index (χ2n) is 4.45. The summed E-state index contributed by atoms with van der Waals surface area (Å²) in [7, 11) is 0. The van der Waals surface area contributed by atoms with E-state index in [2.05, 4.69) is 10.6 Å². The van der Waals surface area contributed by atoms with E-state index >= 15 is 0 Å². The van der Waals surface area contributed by atoms with Gasteiger partial charge in [-0.05, 0) is 36.8 Å². The predicted octanol–water partition coefficient (Wildman–Crippen LogP) is 2.68. The van der Waals surface area contributed by atoms with Crippen molar-refractivity contribution in [3.63, 3.8) is 0 Å². The van der Waals surface area contributed by atoms with Crippen LogP contribution in [-0.2, 0) is 0 Å². The Hall–Kier alpha value is -1.36. The van der Waals surface area contributed by atoms with Crippen molar-refractivity contribution in [1.82, 2.24) is 5.32 Å². The van der Waals surface area contributed by atoms with Gasteiger partial charge in [0, 0.05) is 23.2 Å². The highest BCUT2D eigenvalue weighted by Crippen LogP contribution is 2.24. The SMILES string of the molecule is Nc1cccc(NC(=O)NCC2CCCCS2)c1. The van der Waals surface area contributed by atoms with Crippen molar-refractivity contribution in [3.8, 4) is 0 Å². The number of hydrogen-bond donors (Lipinski definition) is 3. The van der Waals surface area contributed by atoms with Crippen LogP contribution in [0.3, 0.4) is 0 Å². The van der Waals surface area contributed by atoms with Crippen LogP contribution >= 0.6 is 11.8 Å². The minimum atomic E-state index is -0.160. The molecule has 1 atom stereocenters. The zero-order chi connectivity index (χ0) is 12.8. The molecular formula is C13H19N3OS. The molecule has 0 saturated carbocycles. The molecule has 0 bridgehead atoms. The van der Waals surface area contributed by atoms with Gasteiger partial charge in [-0.1, -0.05) is 12.5 Å². The summed E-state index contributed by atoms with van der Waals surface area (Å²) >= 11 is 1.95. The molecule has 1 heterocycles. The number of urea groups is 1.